The van der Waals surface area contributed by atoms with Gasteiger partial charge < -0.3 is 0 Å². The molecule has 0 heterocycles. The van der Waals surface area contributed by atoms with Gasteiger partial charge in [-0.25, -0.2) is 0 Å². The van der Waals surface area contributed by atoms with Gasteiger partial charge in [0.2, 0.25) is 0 Å². The number of hydrogen-bond acceptors (Lipinski definition) is 1. The van der Waals surface area contributed by atoms with Crippen molar-refractivity contribution in [1.82, 2.24) is 0 Å². The van der Waals surface area contributed by atoms with Crippen LogP contribution in [0.1, 0.15) is 25.0 Å². The Hall–Kier alpha value is -1.37. The quantitative estimate of drug-likeness (QED) is 0.622. The molecule has 0 N–H and O–H groups in total. The van der Waals surface area contributed by atoms with Crippen LogP contribution < -0.4 is 0 Å². The third-order valence-corrected chi connectivity index (χ3v) is 2.14. The molecule has 0 aliphatic carbocycles. The van der Waals surface area contributed by atoms with Crippen molar-refractivity contribution in [2.75, 3.05) is 0 Å². The van der Waals surface area contributed by atoms with E-state index >= 15 is 0 Å². The average molecular weight is 173 g/mol. The Kier molecular flexibility index (Phi) is 3.44. The summed E-state index contributed by atoms with van der Waals surface area (Å²) in [6, 6.07) is 8.43. The minimum absolute atomic E-state index is 0.704. The van der Waals surface area contributed by atoms with E-state index in [0.717, 1.165) is 0 Å². The van der Waals surface area contributed by atoms with Crippen LogP contribution in [-0.2, 0) is 6.54 Å². The summed E-state index contributed by atoms with van der Waals surface area (Å²) in [5.41, 5.74) is 3.79. The predicted octanol–water partition coefficient (Wildman–Crippen LogP) is 3.31. The van der Waals surface area contributed by atoms with Gasteiger partial charge in [-0.1, -0.05) is 30.3 Å². The second kappa shape index (κ2) is 4.61. The fraction of sp³-hybridized carbons (Fsp3) is 0.250. The van der Waals surface area contributed by atoms with Crippen LogP contribution in [0.3, 0.4) is 0 Å². The lowest BCUT2D eigenvalue weighted by molar-refractivity contribution is 1.08. The normalized spacial score (nSPS) is 11.4. The molecule has 1 aromatic carbocycles. The highest BCUT2D eigenvalue weighted by Crippen LogP contribution is 2.14. The van der Waals surface area contributed by atoms with Gasteiger partial charge in [-0.05, 0) is 37.3 Å². The molecule has 0 fully saturated rings. The topological polar surface area (TPSA) is 12.4 Å². The Bertz CT molecular complexity index is 306. The fourth-order valence-electron chi connectivity index (χ4n) is 1.17. The molecule has 0 unspecified atom stereocenters. The highest BCUT2D eigenvalue weighted by Gasteiger charge is 1.94. The molecule has 0 bridgehead atoms. The molecule has 68 valence electrons. The second-order valence-electron chi connectivity index (χ2n) is 3.05. The van der Waals surface area contributed by atoms with Gasteiger partial charge in [-0.3, -0.25) is 4.99 Å². The Morgan fingerprint density at radius 1 is 1.38 bits per heavy atom. The Labute approximate surface area is 79.8 Å². The first-order valence-corrected chi connectivity index (χ1v) is 4.42. The van der Waals surface area contributed by atoms with E-state index in [-0.39, 0.29) is 0 Å². The van der Waals surface area contributed by atoms with Crippen LogP contribution in [0.25, 0.3) is 5.57 Å². The second-order valence-corrected chi connectivity index (χ2v) is 3.05. The third-order valence-electron chi connectivity index (χ3n) is 2.14. The van der Waals surface area contributed by atoms with E-state index < -0.39 is 0 Å². The van der Waals surface area contributed by atoms with E-state index in [1.165, 1.54) is 16.7 Å². The van der Waals surface area contributed by atoms with E-state index in [1.807, 2.05) is 0 Å². The van der Waals surface area contributed by atoms with Crippen molar-refractivity contribution in [3.63, 3.8) is 0 Å². The van der Waals surface area contributed by atoms with E-state index in [2.05, 4.69) is 55.9 Å². The molecule has 1 rings (SSSR count). The van der Waals surface area contributed by atoms with Crippen LogP contribution in [-0.4, -0.2) is 6.72 Å². The number of benzene rings is 1. The average Bonchev–Trinajstić information content (AvgIpc) is 2.18. The standard InChI is InChI=1S/C12H15N/c1-4-10(2)12-7-5-11(6-8-12)9-13-3/h4-8H,3,9H2,1-2H3/b10-4+. The summed E-state index contributed by atoms with van der Waals surface area (Å²) in [6.07, 6.45) is 2.11. The largest absolute Gasteiger partial charge is 0.296 e. The van der Waals surface area contributed by atoms with Gasteiger partial charge in [0.25, 0.3) is 0 Å². The molecular formula is C12H15N. The van der Waals surface area contributed by atoms with Gasteiger partial charge in [0.05, 0.1) is 6.54 Å². The lowest BCUT2D eigenvalue weighted by atomic mass is 10.1. The van der Waals surface area contributed by atoms with Crippen molar-refractivity contribution in [2.45, 2.75) is 20.4 Å². The molecule has 13 heavy (non-hydrogen) atoms. The lowest BCUT2D eigenvalue weighted by Gasteiger charge is -2.01. The number of aliphatic imine (C=N–C) groups is 1. The summed E-state index contributed by atoms with van der Waals surface area (Å²) in [5.74, 6) is 0. The minimum atomic E-state index is 0.704. The highest BCUT2D eigenvalue weighted by atomic mass is 14.7. The molecule has 1 aromatic rings. The zero-order valence-electron chi connectivity index (χ0n) is 8.25. The third kappa shape index (κ3) is 2.55. The highest BCUT2D eigenvalue weighted by molar-refractivity contribution is 5.63. The fourth-order valence-corrected chi connectivity index (χ4v) is 1.17. The number of nitrogens with zero attached hydrogens (tertiary/aromatic N) is 1. The van der Waals surface area contributed by atoms with Gasteiger partial charge in [0, 0.05) is 0 Å². The molecule has 0 saturated heterocycles. The van der Waals surface area contributed by atoms with Gasteiger partial charge in [0.15, 0.2) is 0 Å². The maximum absolute atomic E-state index is 3.84. The Balaban J connectivity index is 2.87. The van der Waals surface area contributed by atoms with Gasteiger partial charge >= 0.3 is 0 Å². The molecule has 0 aliphatic rings. The molecule has 0 radical (unpaired) electrons. The maximum atomic E-state index is 3.84. The molecule has 0 amide bonds. The number of rotatable bonds is 3. The van der Waals surface area contributed by atoms with Crippen LogP contribution in [0, 0.1) is 0 Å². The van der Waals surface area contributed by atoms with E-state index in [9.17, 15) is 0 Å². The van der Waals surface area contributed by atoms with Gasteiger partial charge in [-0.15, -0.1) is 0 Å². The number of allylic oxidation sites excluding steroid dienone is 2. The van der Waals surface area contributed by atoms with Crippen LogP contribution in [0.5, 0.6) is 0 Å². The SMILES string of the molecule is C=NCc1ccc(/C(C)=C/C)cc1. The first-order chi connectivity index (χ1) is 6.27. The van der Waals surface area contributed by atoms with Gasteiger partial charge in [0.1, 0.15) is 0 Å². The van der Waals surface area contributed by atoms with Crippen LogP contribution >= 0.6 is 0 Å². The number of hydrogen-bond donors (Lipinski definition) is 0. The summed E-state index contributed by atoms with van der Waals surface area (Å²) < 4.78 is 0. The van der Waals surface area contributed by atoms with E-state index in [0.29, 0.717) is 6.54 Å². The molecular weight excluding hydrogens is 158 g/mol. The molecule has 0 aliphatic heterocycles. The first-order valence-electron chi connectivity index (χ1n) is 4.42. The van der Waals surface area contributed by atoms with Crippen molar-refractivity contribution in [1.29, 1.82) is 0 Å². The summed E-state index contributed by atoms with van der Waals surface area (Å²) in [4.78, 5) is 3.84. The Morgan fingerprint density at radius 2 is 2.00 bits per heavy atom. The van der Waals surface area contributed by atoms with E-state index in [4.69, 9.17) is 0 Å². The van der Waals surface area contributed by atoms with Crippen molar-refractivity contribution in [3.8, 4) is 0 Å². The minimum Gasteiger partial charge on any atom is -0.296 e. The summed E-state index contributed by atoms with van der Waals surface area (Å²) in [6.45, 7) is 8.33. The Morgan fingerprint density at radius 3 is 2.46 bits per heavy atom. The first kappa shape index (κ1) is 9.72. The maximum Gasteiger partial charge on any atom is 0.0632 e. The molecule has 1 nitrogen and oxygen atoms in total. The molecule has 0 aromatic heterocycles. The molecule has 1 heteroatoms. The van der Waals surface area contributed by atoms with Crippen molar-refractivity contribution < 1.29 is 0 Å². The monoisotopic (exact) mass is 173 g/mol. The van der Waals surface area contributed by atoms with Gasteiger partial charge in [-0.2, -0.15) is 0 Å². The zero-order chi connectivity index (χ0) is 9.68. The summed E-state index contributed by atoms with van der Waals surface area (Å²) in [7, 11) is 0. The lowest BCUT2D eigenvalue weighted by Crippen LogP contribution is -1.83. The molecule has 0 spiro atoms. The zero-order valence-corrected chi connectivity index (χ0v) is 8.25. The van der Waals surface area contributed by atoms with E-state index in [1.54, 1.807) is 0 Å². The molecule has 0 atom stereocenters. The van der Waals surface area contributed by atoms with Crippen molar-refractivity contribution in [3.05, 3.63) is 41.5 Å². The molecule has 0 saturated carbocycles. The van der Waals surface area contributed by atoms with Crippen molar-refractivity contribution >= 4 is 12.3 Å². The van der Waals surface area contributed by atoms with Crippen LogP contribution in [0.4, 0.5) is 0 Å². The van der Waals surface area contributed by atoms with Crippen molar-refractivity contribution in [2.24, 2.45) is 4.99 Å². The smallest absolute Gasteiger partial charge is 0.0632 e. The van der Waals surface area contributed by atoms with Crippen LogP contribution in [0.15, 0.2) is 35.3 Å². The summed E-state index contributed by atoms with van der Waals surface area (Å²) in [5, 5.41) is 0. The predicted molar refractivity (Wildman–Crippen MR) is 59.0 cm³/mol. The van der Waals surface area contributed by atoms with Crippen LogP contribution in [0.2, 0.25) is 0 Å². The summed E-state index contributed by atoms with van der Waals surface area (Å²) >= 11 is 0.